The summed E-state index contributed by atoms with van der Waals surface area (Å²) in [7, 11) is -3.61. The van der Waals surface area contributed by atoms with E-state index in [1.807, 2.05) is 35.3 Å². The summed E-state index contributed by atoms with van der Waals surface area (Å²) >= 11 is 0. The molecule has 0 atom stereocenters. The molecule has 1 aliphatic heterocycles. The molecule has 212 valence electrons. The van der Waals surface area contributed by atoms with E-state index in [-0.39, 0.29) is 11.3 Å². The molecule has 12 heteroatoms. The SMILES string of the molecule is CS(=O)(=O)Nc1cc(-c2ccc(F)cc2F)cc(-n2cnc3cc(-c4cnn(CCN5CCOCC5)c4)ccc32)c1. The van der Waals surface area contributed by atoms with Crippen molar-refractivity contribution in [3.8, 4) is 27.9 Å². The number of aromatic nitrogens is 4. The van der Waals surface area contributed by atoms with Gasteiger partial charge in [-0.2, -0.15) is 5.10 Å². The third-order valence-corrected chi connectivity index (χ3v) is 7.61. The maximum absolute atomic E-state index is 14.7. The van der Waals surface area contributed by atoms with Gasteiger partial charge in [0.15, 0.2) is 0 Å². The second-order valence-corrected chi connectivity index (χ2v) is 11.8. The van der Waals surface area contributed by atoms with Crippen molar-refractivity contribution in [3.63, 3.8) is 0 Å². The molecule has 5 aromatic rings. The molecule has 1 N–H and O–H groups in total. The van der Waals surface area contributed by atoms with Gasteiger partial charge in [-0.1, -0.05) is 6.07 Å². The minimum atomic E-state index is -3.61. The number of hydrogen-bond acceptors (Lipinski definition) is 6. The first kappa shape index (κ1) is 27.1. The number of nitrogens with one attached hydrogen (secondary N) is 1. The summed E-state index contributed by atoms with van der Waals surface area (Å²) in [5.74, 6) is -1.45. The van der Waals surface area contributed by atoms with Crippen molar-refractivity contribution in [2.75, 3.05) is 43.8 Å². The maximum Gasteiger partial charge on any atom is 0.229 e. The van der Waals surface area contributed by atoms with Crippen LogP contribution < -0.4 is 4.72 Å². The van der Waals surface area contributed by atoms with E-state index in [0.717, 1.165) is 79.9 Å². The van der Waals surface area contributed by atoms with E-state index in [1.165, 1.54) is 12.1 Å². The van der Waals surface area contributed by atoms with E-state index in [4.69, 9.17) is 4.74 Å². The molecule has 0 amide bonds. The Balaban J connectivity index is 1.31. The number of morpholine rings is 1. The summed E-state index contributed by atoms with van der Waals surface area (Å²) in [6.45, 7) is 5.08. The molecule has 0 saturated carbocycles. The van der Waals surface area contributed by atoms with Crippen LogP contribution in [0.15, 0.2) is 73.3 Å². The number of anilines is 1. The quantitative estimate of drug-likeness (QED) is 0.291. The predicted octanol–water partition coefficient (Wildman–Crippen LogP) is 4.54. The van der Waals surface area contributed by atoms with Crippen LogP contribution in [-0.4, -0.2) is 71.8 Å². The molecule has 9 nitrogen and oxygen atoms in total. The highest BCUT2D eigenvalue weighted by Crippen LogP contribution is 2.32. The van der Waals surface area contributed by atoms with Crippen molar-refractivity contribution in [3.05, 3.63) is 85.0 Å². The number of sulfonamides is 1. The molecule has 0 aliphatic carbocycles. The van der Waals surface area contributed by atoms with Crippen LogP contribution in [0.4, 0.5) is 14.5 Å². The summed E-state index contributed by atoms with van der Waals surface area (Å²) in [5, 5.41) is 4.52. The zero-order chi connectivity index (χ0) is 28.6. The summed E-state index contributed by atoms with van der Waals surface area (Å²) in [4.78, 5) is 6.94. The molecule has 1 saturated heterocycles. The van der Waals surface area contributed by atoms with Crippen LogP contribution in [0.25, 0.3) is 39.0 Å². The van der Waals surface area contributed by atoms with Gasteiger partial charge in [0.25, 0.3) is 0 Å². The van der Waals surface area contributed by atoms with Gasteiger partial charge in [0, 0.05) is 48.7 Å². The second-order valence-electron chi connectivity index (χ2n) is 10.0. The van der Waals surface area contributed by atoms with Crippen molar-refractivity contribution in [2.24, 2.45) is 0 Å². The average Bonchev–Trinajstić information content (AvgIpc) is 3.58. The first-order chi connectivity index (χ1) is 19.7. The van der Waals surface area contributed by atoms with Crippen molar-refractivity contribution >= 4 is 26.7 Å². The number of benzene rings is 3. The maximum atomic E-state index is 14.7. The highest BCUT2D eigenvalue weighted by atomic mass is 32.2. The fourth-order valence-corrected chi connectivity index (χ4v) is 5.55. The highest BCUT2D eigenvalue weighted by molar-refractivity contribution is 7.92. The number of fused-ring (bicyclic) bond motifs is 1. The second kappa shape index (κ2) is 11.0. The van der Waals surface area contributed by atoms with Gasteiger partial charge in [0.05, 0.1) is 48.9 Å². The Morgan fingerprint density at radius 2 is 1.78 bits per heavy atom. The fourth-order valence-electron chi connectivity index (χ4n) is 5.00. The molecule has 0 spiro atoms. The average molecular weight is 579 g/mol. The lowest BCUT2D eigenvalue weighted by Crippen LogP contribution is -2.38. The normalized spacial score (nSPS) is 14.5. The van der Waals surface area contributed by atoms with Gasteiger partial charge in [0.1, 0.15) is 18.0 Å². The van der Waals surface area contributed by atoms with E-state index in [2.05, 4.69) is 19.7 Å². The number of imidazole rings is 1. The Kier molecular flexibility index (Phi) is 7.28. The van der Waals surface area contributed by atoms with Crippen LogP contribution in [-0.2, 0) is 21.3 Å². The van der Waals surface area contributed by atoms with Gasteiger partial charge >= 0.3 is 0 Å². The van der Waals surface area contributed by atoms with Gasteiger partial charge in [-0.05, 0) is 53.6 Å². The van der Waals surface area contributed by atoms with Crippen LogP contribution in [0.3, 0.4) is 0 Å². The Labute approximate surface area is 236 Å². The molecule has 3 aromatic carbocycles. The number of ether oxygens (including phenoxy) is 1. The molecule has 2 aromatic heterocycles. The van der Waals surface area contributed by atoms with E-state index in [9.17, 15) is 17.2 Å². The Morgan fingerprint density at radius 1 is 0.951 bits per heavy atom. The highest BCUT2D eigenvalue weighted by Gasteiger charge is 2.15. The summed E-state index contributed by atoms with van der Waals surface area (Å²) in [6, 6.07) is 14.0. The van der Waals surface area contributed by atoms with Gasteiger partial charge in [-0.3, -0.25) is 18.9 Å². The molecular weight excluding hydrogens is 550 g/mol. The van der Waals surface area contributed by atoms with Crippen molar-refractivity contribution in [2.45, 2.75) is 6.54 Å². The zero-order valence-electron chi connectivity index (χ0n) is 22.3. The molecule has 3 heterocycles. The third kappa shape index (κ3) is 6.14. The van der Waals surface area contributed by atoms with E-state index in [1.54, 1.807) is 23.0 Å². The molecule has 41 heavy (non-hydrogen) atoms. The molecule has 0 radical (unpaired) electrons. The standard InChI is InChI=1S/C29H28F2N6O3S/c1-41(38,39)34-24-12-21(26-4-3-23(30)15-27(26)31)13-25(16-24)37-19-32-28-14-20(2-5-29(28)37)22-17-33-36(18-22)7-6-35-8-10-40-11-9-35/h2-5,12-19,34H,6-11H2,1H3. The zero-order valence-corrected chi connectivity index (χ0v) is 23.1. The number of nitrogens with zero attached hydrogens (tertiary/aromatic N) is 5. The number of rotatable bonds is 8. The van der Waals surface area contributed by atoms with E-state index in [0.29, 0.717) is 11.3 Å². The molecule has 0 unspecified atom stereocenters. The molecule has 0 bridgehead atoms. The van der Waals surface area contributed by atoms with Crippen molar-refractivity contribution in [1.29, 1.82) is 0 Å². The number of halogens is 2. The summed E-state index contributed by atoms with van der Waals surface area (Å²) < 4.78 is 63.8. The molecule has 6 rings (SSSR count). The minimum Gasteiger partial charge on any atom is -0.379 e. The Morgan fingerprint density at radius 3 is 2.56 bits per heavy atom. The summed E-state index contributed by atoms with van der Waals surface area (Å²) in [5.41, 5.74) is 4.75. The molecule has 1 aliphatic rings. The monoisotopic (exact) mass is 578 g/mol. The van der Waals surface area contributed by atoms with Gasteiger partial charge in [0.2, 0.25) is 10.0 Å². The minimum absolute atomic E-state index is 0.141. The van der Waals surface area contributed by atoms with Crippen LogP contribution >= 0.6 is 0 Å². The lowest BCUT2D eigenvalue weighted by molar-refractivity contribution is 0.0360. The predicted molar refractivity (Wildman–Crippen MR) is 153 cm³/mol. The first-order valence-electron chi connectivity index (χ1n) is 13.1. The fraction of sp³-hybridized carbons (Fsp3) is 0.241. The van der Waals surface area contributed by atoms with Crippen LogP contribution in [0.2, 0.25) is 0 Å². The lowest BCUT2D eigenvalue weighted by Gasteiger charge is -2.26. The lowest BCUT2D eigenvalue weighted by atomic mass is 10.0. The molecular formula is C29H28F2N6O3S. The van der Waals surface area contributed by atoms with E-state index < -0.39 is 21.7 Å². The van der Waals surface area contributed by atoms with Crippen LogP contribution in [0.1, 0.15) is 0 Å². The van der Waals surface area contributed by atoms with Crippen molar-refractivity contribution in [1.82, 2.24) is 24.2 Å². The van der Waals surface area contributed by atoms with Crippen molar-refractivity contribution < 1.29 is 21.9 Å². The van der Waals surface area contributed by atoms with Crippen LogP contribution in [0.5, 0.6) is 0 Å². The van der Waals surface area contributed by atoms with Gasteiger partial charge in [-0.15, -0.1) is 0 Å². The van der Waals surface area contributed by atoms with Gasteiger partial charge < -0.3 is 4.74 Å². The largest absolute Gasteiger partial charge is 0.379 e. The molecule has 1 fully saturated rings. The van der Waals surface area contributed by atoms with Crippen LogP contribution in [0, 0.1) is 11.6 Å². The smallest absolute Gasteiger partial charge is 0.229 e. The van der Waals surface area contributed by atoms with E-state index >= 15 is 0 Å². The third-order valence-electron chi connectivity index (χ3n) is 7.00. The van der Waals surface area contributed by atoms with Gasteiger partial charge in [-0.25, -0.2) is 22.2 Å². The first-order valence-corrected chi connectivity index (χ1v) is 15.0. The Bertz CT molecular complexity index is 1830. The summed E-state index contributed by atoms with van der Waals surface area (Å²) in [6.07, 6.45) is 6.52. The number of hydrogen-bond donors (Lipinski definition) is 1. The Hall–Kier alpha value is -4.13. The topological polar surface area (TPSA) is 94.3 Å².